The van der Waals surface area contributed by atoms with Crippen molar-refractivity contribution in [2.75, 3.05) is 4.72 Å². The molecule has 2 N–H and O–H groups in total. The van der Waals surface area contributed by atoms with E-state index in [2.05, 4.69) is 9.71 Å². The number of aryl methyl sites for hydroxylation is 2. The molecule has 2 aromatic rings. The zero-order chi connectivity index (χ0) is 13.5. The van der Waals surface area contributed by atoms with Gasteiger partial charge in [0.2, 0.25) is 0 Å². The molecule has 5 nitrogen and oxygen atoms in total. The summed E-state index contributed by atoms with van der Waals surface area (Å²) < 4.78 is 26.7. The number of hydrogen-bond donors (Lipinski definition) is 2. The van der Waals surface area contributed by atoms with E-state index in [9.17, 15) is 8.42 Å². The number of anilines is 1. The van der Waals surface area contributed by atoms with E-state index in [1.165, 1.54) is 40.5 Å². The third-order valence-corrected chi connectivity index (χ3v) is 5.52. The van der Waals surface area contributed by atoms with Crippen molar-refractivity contribution in [3.05, 3.63) is 34.8 Å². The highest BCUT2D eigenvalue weighted by Gasteiger charge is 2.20. The zero-order valence-electron chi connectivity index (χ0n) is 9.96. The molecule has 0 bridgehead atoms. The van der Waals surface area contributed by atoms with Gasteiger partial charge in [0, 0.05) is 4.88 Å². The van der Waals surface area contributed by atoms with Gasteiger partial charge in [0.25, 0.3) is 10.0 Å². The molecular weight excluding hydrogens is 284 g/mol. The number of nitrogens with one attached hydrogen (secondary N) is 1. The Morgan fingerprint density at radius 1 is 1.21 bits per heavy atom. The van der Waals surface area contributed by atoms with E-state index in [4.69, 9.17) is 5.11 Å². The van der Waals surface area contributed by atoms with Crippen molar-refractivity contribution in [1.82, 2.24) is 4.98 Å². The minimum atomic E-state index is -3.63. The number of aromatic nitrogens is 1. The van der Waals surface area contributed by atoms with E-state index in [0.717, 1.165) is 25.0 Å². The Kier molecular flexibility index (Phi) is 2.94. The van der Waals surface area contributed by atoms with Gasteiger partial charge in [-0.1, -0.05) is 0 Å². The van der Waals surface area contributed by atoms with Gasteiger partial charge >= 0.3 is 0 Å². The van der Waals surface area contributed by atoms with Crippen LogP contribution < -0.4 is 4.72 Å². The molecule has 0 spiro atoms. The molecule has 3 rings (SSSR count). The molecule has 0 aliphatic heterocycles. The van der Waals surface area contributed by atoms with Crippen LogP contribution in [-0.2, 0) is 22.9 Å². The first-order valence-electron chi connectivity index (χ1n) is 5.85. The van der Waals surface area contributed by atoms with Crippen LogP contribution >= 0.6 is 11.3 Å². The van der Waals surface area contributed by atoms with E-state index in [1.807, 2.05) is 0 Å². The molecule has 1 aromatic heterocycles. The average molecular weight is 296 g/mol. The summed E-state index contributed by atoms with van der Waals surface area (Å²) in [5, 5.41) is 9.58. The van der Waals surface area contributed by atoms with Crippen LogP contribution in [0.3, 0.4) is 0 Å². The first kappa shape index (κ1) is 12.4. The molecule has 0 saturated carbocycles. The van der Waals surface area contributed by atoms with E-state index < -0.39 is 10.0 Å². The number of nitrogens with zero attached hydrogens (tertiary/aromatic N) is 1. The highest BCUT2D eigenvalue weighted by molar-refractivity contribution is 7.93. The Morgan fingerprint density at radius 3 is 2.63 bits per heavy atom. The maximum Gasteiger partial charge on any atom is 0.263 e. The van der Waals surface area contributed by atoms with Gasteiger partial charge in [-0.3, -0.25) is 4.72 Å². The van der Waals surface area contributed by atoms with Crippen LogP contribution in [0.2, 0.25) is 0 Å². The van der Waals surface area contributed by atoms with E-state index in [-0.39, 0.29) is 10.6 Å². The molecule has 0 atom stereocenters. The Hall–Kier alpha value is -1.60. The summed E-state index contributed by atoms with van der Waals surface area (Å²) in [5.74, 6) is 0.0344. The van der Waals surface area contributed by atoms with Gasteiger partial charge in [0.1, 0.15) is 5.75 Å². The first-order valence-corrected chi connectivity index (χ1v) is 8.15. The van der Waals surface area contributed by atoms with Crippen molar-refractivity contribution >= 4 is 26.5 Å². The number of thiazole rings is 1. The Balaban J connectivity index is 1.86. The van der Waals surface area contributed by atoms with Crippen molar-refractivity contribution in [3.63, 3.8) is 0 Å². The summed E-state index contributed by atoms with van der Waals surface area (Å²) in [7, 11) is -3.63. The highest BCUT2D eigenvalue weighted by atomic mass is 32.2. The lowest BCUT2D eigenvalue weighted by atomic mass is 10.3. The maximum atomic E-state index is 12.1. The molecule has 0 amide bonds. The lowest BCUT2D eigenvalue weighted by Gasteiger charge is -2.05. The SMILES string of the molecule is O=S(=O)(Nc1nc2c(s1)CCC2)c1ccc(O)cc1. The van der Waals surface area contributed by atoms with Crippen molar-refractivity contribution in [1.29, 1.82) is 0 Å². The zero-order valence-corrected chi connectivity index (χ0v) is 11.6. The third-order valence-electron chi connectivity index (χ3n) is 2.96. The summed E-state index contributed by atoms with van der Waals surface area (Å²) in [5.41, 5.74) is 1.01. The molecule has 1 heterocycles. The fourth-order valence-electron chi connectivity index (χ4n) is 2.03. The number of hydrogen-bond acceptors (Lipinski definition) is 5. The van der Waals surface area contributed by atoms with Gasteiger partial charge in [-0.2, -0.15) is 0 Å². The Bertz CT molecular complexity index is 684. The van der Waals surface area contributed by atoms with Crippen molar-refractivity contribution in [3.8, 4) is 5.75 Å². The van der Waals surface area contributed by atoms with E-state index >= 15 is 0 Å². The second-order valence-corrected chi connectivity index (χ2v) is 7.11. The smallest absolute Gasteiger partial charge is 0.263 e. The van der Waals surface area contributed by atoms with Crippen LogP contribution in [0.1, 0.15) is 17.0 Å². The quantitative estimate of drug-likeness (QED) is 0.909. The number of fused-ring (bicyclic) bond motifs is 1. The van der Waals surface area contributed by atoms with Gasteiger partial charge in [-0.05, 0) is 43.5 Å². The molecule has 1 aliphatic rings. The molecule has 7 heteroatoms. The van der Waals surface area contributed by atoms with Gasteiger partial charge in [0.15, 0.2) is 5.13 Å². The second kappa shape index (κ2) is 4.50. The minimum absolute atomic E-state index is 0.0344. The van der Waals surface area contributed by atoms with Crippen LogP contribution in [0.4, 0.5) is 5.13 Å². The first-order chi connectivity index (χ1) is 9.04. The summed E-state index contributed by atoms with van der Waals surface area (Å²) in [4.78, 5) is 5.58. The third kappa shape index (κ3) is 2.43. The Labute approximate surface area is 115 Å². The van der Waals surface area contributed by atoms with Crippen LogP contribution in [-0.4, -0.2) is 18.5 Å². The maximum absolute atomic E-state index is 12.1. The molecular formula is C12H12N2O3S2. The van der Waals surface area contributed by atoms with E-state index in [0.29, 0.717) is 5.13 Å². The number of phenolic OH excluding ortho intramolecular Hbond substituents is 1. The topological polar surface area (TPSA) is 79.3 Å². The molecule has 0 saturated heterocycles. The predicted molar refractivity (Wildman–Crippen MR) is 73.1 cm³/mol. The summed E-state index contributed by atoms with van der Waals surface area (Å²) in [6.45, 7) is 0. The molecule has 19 heavy (non-hydrogen) atoms. The summed E-state index contributed by atoms with van der Waals surface area (Å²) in [6, 6.07) is 5.41. The standard InChI is InChI=1S/C12H12N2O3S2/c15-8-4-6-9(7-5-8)19(16,17)14-12-13-10-2-1-3-11(10)18-12/h4-7,15H,1-3H2,(H,13,14). The fraction of sp³-hybridized carbons (Fsp3) is 0.250. The van der Waals surface area contributed by atoms with Crippen molar-refractivity contribution < 1.29 is 13.5 Å². The largest absolute Gasteiger partial charge is 0.508 e. The predicted octanol–water partition coefficient (Wildman–Crippen LogP) is 2.14. The normalized spacial score (nSPS) is 14.3. The lowest BCUT2D eigenvalue weighted by Crippen LogP contribution is -2.12. The molecule has 1 aromatic carbocycles. The van der Waals surface area contributed by atoms with Crippen LogP contribution in [0, 0.1) is 0 Å². The van der Waals surface area contributed by atoms with Crippen LogP contribution in [0.15, 0.2) is 29.2 Å². The van der Waals surface area contributed by atoms with Gasteiger partial charge in [-0.15, -0.1) is 11.3 Å². The van der Waals surface area contributed by atoms with Crippen molar-refractivity contribution in [2.45, 2.75) is 24.2 Å². The average Bonchev–Trinajstić information content (AvgIpc) is 2.89. The molecule has 0 radical (unpaired) electrons. The number of sulfonamides is 1. The highest BCUT2D eigenvalue weighted by Crippen LogP contribution is 2.31. The summed E-state index contributed by atoms with van der Waals surface area (Å²) >= 11 is 1.40. The molecule has 0 fully saturated rings. The van der Waals surface area contributed by atoms with E-state index in [1.54, 1.807) is 0 Å². The summed E-state index contributed by atoms with van der Waals surface area (Å²) in [6.07, 6.45) is 3.00. The molecule has 0 unspecified atom stereocenters. The van der Waals surface area contributed by atoms with Crippen molar-refractivity contribution in [2.24, 2.45) is 0 Å². The minimum Gasteiger partial charge on any atom is -0.508 e. The molecule has 1 aliphatic carbocycles. The monoisotopic (exact) mass is 296 g/mol. The second-order valence-electron chi connectivity index (χ2n) is 4.34. The number of rotatable bonds is 3. The Morgan fingerprint density at radius 2 is 1.95 bits per heavy atom. The van der Waals surface area contributed by atoms with Gasteiger partial charge in [-0.25, -0.2) is 13.4 Å². The fourth-order valence-corrected chi connectivity index (χ4v) is 4.32. The van der Waals surface area contributed by atoms with Gasteiger partial charge in [0.05, 0.1) is 10.6 Å². The number of benzene rings is 1. The lowest BCUT2D eigenvalue weighted by molar-refractivity contribution is 0.475. The molecule has 100 valence electrons. The number of aromatic hydroxyl groups is 1. The van der Waals surface area contributed by atoms with Crippen LogP contribution in [0.25, 0.3) is 0 Å². The number of phenols is 1. The van der Waals surface area contributed by atoms with Crippen LogP contribution in [0.5, 0.6) is 5.75 Å². The van der Waals surface area contributed by atoms with Gasteiger partial charge < -0.3 is 5.11 Å².